The van der Waals surface area contributed by atoms with E-state index < -0.39 is 0 Å². The van der Waals surface area contributed by atoms with Crippen molar-refractivity contribution in [1.82, 2.24) is 29.9 Å². The van der Waals surface area contributed by atoms with E-state index >= 15 is 0 Å². The highest BCUT2D eigenvalue weighted by Crippen LogP contribution is 2.37. The molecule has 7 heteroatoms. The molecule has 0 unspecified atom stereocenters. The molecule has 7 nitrogen and oxygen atoms in total. The van der Waals surface area contributed by atoms with Gasteiger partial charge in [-0.2, -0.15) is 4.98 Å². The van der Waals surface area contributed by atoms with Crippen LogP contribution in [0.4, 0.5) is 0 Å². The summed E-state index contributed by atoms with van der Waals surface area (Å²) in [6, 6.07) is 73.5. The van der Waals surface area contributed by atoms with Crippen molar-refractivity contribution in [3.05, 3.63) is 219 Å². The van der Waals surface area contributed by atoms with E-state index in [1.54, 1.807) is 6.20 Å². The summed E-state index contributed by atoms with van der Waals surface area (Å²) < 4.78 is 6.42. The molecular weight excluding hydrogens is 821 g/mol. The van der Waals surface area contributed by atoms with E-state index in [0.29, 0.717) is 34.3 Å². The van der Waals surface area contributed by atoms with E-state index in [2.05, 4.69) is 193 Å². The van der Waals surface area contributed by atoms with Crippen molar-refractivity contribution in [3.63, 3.8) is 0 Å². The predicted molar refractivity (Wildman–Crippen MR) is 271 cm³/mol. The molecule has 0 atom stereocenters. The average molecular weight is 857 g/mol. The molecule has 312 valence electrons. The molecule has 0 N–H and O–H groups in total. The Morgan fingerprint density at radius 1 is 0.269 bits per heavy atom. The first-order valence-electron chi connectivity index (χ1n) is 22.2. The van der Waals surface area contributed by atoms with E-state index in [4.69, 9.17) is 29.3 Å². The highest BCUT2D eigenvalue weighted by molar-refractivity contribution is 5.92. The zero-order valence-corrected chi connectivity index (χ0v) is 35.9. The van der Waals surface area contributed by atoms with Gasteiger partial charge < -0.3 is 4.42 Å². The molecule has 0 aliphatic heterocycles. The molecule has 13 aromatic rings. The lowest BCUT2D eigenvalue weighted by Gasteiger charge is -2.14. The maximum absolute atomic E-state index is 6.42. The highest BCUT2D eigenvalue weighted by Gasteiger charge is 2.19. The monoisotopic (exact) mass is 856 g/mol. The number of hydrogen-bond acceptors (Lipinski definition) is 7. The third-order valence-electron chi connectivity index (χ3n) is 12.5. The van der Waals surface area contributed by atoms with Crippen LogP contribution in [-0.2, 0) is 0 Å². The fourth-order valence-electron chi connectivity index (χ4n) is 9.04. The number of fused-ring (bicyclic) bond motifs is 5. The minimum atomic E-state index is 0.415. The standard InChI is InChI=1S/C60H36N6O/c1-5-14-41-28-45(23-19-37(41)10-1)52-35-53(46-24-20-38-11-2-6-15-42(38)29-46)63-57(62-52)49-32-50(34-51(33-49)60-66-59-56(67-60)18-9-27-61-59)58-64-54(47-25-21-39-12-3-7-16-43(39)30-47)36-55(65-58)48-26-22-40-13-4-8-17-44(40)31-48/h1-36H. The van der Waals surface area contributed by atoms with Crippen LogP contribution in [0.5, 0.6) is 0 Å². The second-order valence-corrected chi connectivity index (χ2v) is 16.8. The van der Waals surface area contributed by atoms with Gasteiger partial charge >= 0.3 is 0 Å². The van der Waals surface area contributed by atoms with Crippen molar-refractivity contribution in [2.45, 2.75) is 0 Å². The van der Waals surface area contributed by atoms with Gasteiger partial charge in [0.05, 0.1) is 22.8 Å². The summed E-state index contributed by atoms with van der Waals surface area (Å²) in [5, 5.41) is 9.17. The number of oxazole rings is 1. The first kappa shape index (κ1) is 38.3. The summed E-state index contributed by atoms with van der Waals surface area (Å²) in [4.78, 5) is 30.8. The van der Waals surface area contributed by atoms with Crippen LogP contribution in [0.25, 0.3) is 134 Å². The third-order valence-corrected chi connectivity index (χ3v) is 12.5. The summed E-state index contributed by atoms with van der Waals surface area (Å²) in [6.45, 7) is 0. The lowest BCUT2D eigenvalue weighted by Crippen LogP contribution is -1.99. The second-order valence-electron chi connectivity index (χ2n) is 16.8. The Bertz CT molecular complexity index is 3630. The summed E-state index contributed by atoms with van der Waals surface area (Å²) in [7, 11) is 0. The van der Waals surface area contributed by atoms with Gasteiger partial charge in [0.2, 0.25) is 5.89 Å². The molecule has 0 saturated heterocycles. The lowest BCUT2D eigenvalue weighted by molar-refractivity contribution is 0.619. The molecule has 4 aromatic heterocycles. The Kier molecular flexibility index (Phi) is 9.03. The summed E-state index contributed by atoms with van der Waals surface area (Å²) in [5.41, 5.74) is 10.4. The van der Waals surface area contributed by atoms with E-state index in [0.717, 1.165) is 99.2 Å². The maximum atomic E-state index is 6.42. The molecule has 0 aliphatic carbocycles. The van der Waals surface area contributed by atoms with Gasteiger partial charge in [0.25, 0.3) is 0 Å². The number of aromatic nitrogens is 6. The molecule has 9 aromatic carbocycles. The molecule has 0 fully saturated rings. The number of benzene rings is 9. The molecule has 0 saturated carbocycles. The minimum absolute atomic E-state index is 0.415. The van der Waals surface area contributed by atoms with Crippen LogP contribution in [0, 0.1) is 0 Å². The highest BCUT2D eigenvalue weighted by atomic mass is 16.3. The topological polar surface area (TPSA) is 90.5 Å². The molecular formula is C60H36N6O. The fraction of sp³-hybridized carbons (Fsp3) is 0. The Hall–Kier alpha value is -9.20. The quantitative estimate of drug-likeness (QED) is 0.158. The van der Waals surface area contributed by atoms with Crippen LogP contribution in [0.15, 0.2) is 223 Å². The van der Waals surface area contributed by atoms with Crippen molar-refractivity contribution >= 4 is 54.3 Å². The normalized spacial score (nSPS) is 11.6. The van der Waals surface area contributed by atoms with Gasteiger partial charge in [0.1, 0.15) is 0 Å². The van der Waals surface area contributed by atoms with Crippen LogP contribution in [-0.4, -0.2) is 29.9 Å². The number of rotatable bonds is 7. The van der Waals surface area contributed by atoms with Crippen molar-refractivity contribution < 1.29 is 4.42 Å². The summed E-state index contributed by atoms with van der Waals surface area (Å²) in [5.74, 6) is 1.48. The molecule has 13 rings (SSSR count). The molecule has 0 spiro atoms. The van der Waals surface area contributed by atoms with Gasteiger partial charge in [0.15, 0.2) is 22.9 Å². The van der Waals surface area contributed by atoms with Crippen LogP contribution < -0.4 is 0 Å². The molecule has 0 aliphatic rings. The van der Waals surface area contributed by atoms with E-state index in [1.165, 1.54) is 0 Å². The van der Waals surface area contributed by atoms with Crippen LogP contribution in [0.2, 0.25) is 0 Å². The van der Waals surface area contributed by atoms with Crippen molar-refractivity contribution in [2.75, 3.05) is 0 Å². The maximum Gasteiger partial charge on any atom is 0.228 e. The van der Waals surface area contributed by atoms with Gasteiger partial charge in [-0.3, -0.25) is 0 Å². The Labute approximate surface area is 384 Å². The van der Waals surface area contributed by atoms with Gasteiger partial charge in [-0.15, -0.1) is 0 Å². The zero-order valence-electron chi connectivity index (χ0n) is 35.9. The second kappa shape index (κ2) is 15.8. The van der Waals surface area contributed by atoms with Crippen molar-refractivity contribution in [3.8, 4) is 79.3 Å². The number of pyridine rings is 1. The van der Waals surface area contributed by atoms with Crippen molar-refractivity contribution in [2.24, 2.45) is 0 Å². The minimum Gasteiger partial charge on any atom is -0.434 e. The van der Waals surface area contributed by atoms with Gasteiger partial charge in [0, 0.05) is 45.1 Å². The molecule has 4 heterocycles. The first-order valence-corrected chi connectivity index (χ1v) is 22.2. The lowest BCUT2D eigenvalue weighted by atomic mass is 10.00. The average Bonchev–Trinajstić information content (AvgIpc) is 3.85. The largest absolute Gasteiger partial charge is 0.434 e. The van der Waals surface area contributed by atoms with Crippen molar-refractivity contribution in [1.29, 1.82) is 0 Å². The zero-order chi connectivity index (χ0) is 44.3. The van der Waals surface area contributed by atoms with E-state index in [-0.39, 0.29) is 0 Å². The van der Waals surface area contributed by atoms with Gasteiger partial charge in [-0.25, -0.2) is 24.9 Å². The molecule has 0 radical (unpaired) electrons. The fourth-order valence-corrected chi connectivity index (χ4v) is 9.04. The van der Waals surface area contributed by atoms with E-state index in [1.807, 2.05) is 24.3 Å². The molecule has 0 amide bonds. The number of hydrogen-bond donors (Lipinski definition) is 0. The third kappa shape index (κ3) is 7.21. The Morgan fingerprint density at radius 2 is 0.627 bits per heavy atom. The Morgan fingerprint density at radius 3 is 1.00 bits per heavy atom. The molecule has 0 bridgehead atoms. The molecule has 67 heavy (non-hydrogen) atoms. The first-order chi connectivity index (χ1) is 33.1. The predicted octanol–water partition coefficient (Wildman–Crippen LogP) is 15.1. The van der Waals surface area contributed by atoms with Crippen LogP contribution in [0.3, 0.4) is 0 Å². The van der Waals surface area contributed by atoms with E-state index in [9.17, 15) is 0 Å². The van der Waals surface area contributed by atoms with Crippen LogP contribution in [0.1, 0.15) is 0 Å². The Balaban J connectivity index is 1.05. The summed E-state index contributed by atoms with van der Waals surface area (Å²) >= 11 is 0. The number of nitrogens with zero attached hydrogens (tertiary/aromatic N) is 6. The van der Waals surface area contributed by atoms with Gasteiger partial charge in [-0.05, 0) is 110 Å². The summed E-state index contributed by atoms with van der Waals surface area (Å²) in [6.07, 6.45) is 1.72. The van der Waals surface area contributed by atoms with Crippen LogP contribution >= 0.6 is 0 Å². The SMILES string of the molecule is c1ccc2cc(-c3cc(-c4ccc5ccccc5c4)nc(-c4cc(-c5nc(-c6ccc7ccccc7c6)cc(-c6ccc7ccccc7c6)n5)cc(-c5nc6ncccc6o5)c4)n3)ccc2c1. The smallest absolute Gasteiger partial charge is 0.228 e. The van der Waals surface area contributed by atoms with Gasteiger partial charge in [-0.1, -0.05) is 146 Å².